The molecule has 1 aliphatic heterocycles. The molecule has 2 N–H and O–H groups in total. The van der Waals surface area contributed by atoms with Crippen molar-refractivity contribution in [3.8, 4) is 0 Å². The fourth-order valence-electron chi connectivity index (χ4n) is 4.41. The maximum Gasteiger partial charge on any atom is 0.0331 e. The zero-order valence-electron chi connectivity index (χ0n) is 14.1. The standard InChI is InChI=1S/C18H36N2/c1-4-16-7-5-13-20(14-8-16)18(15-19)10-6-9-17(2,3)11-12-18/h16H,4-15,19H2,1-3H3. The summed E-state index contributed by atoms with van der Waals surface area (Å²) in [6, 6.07) is 0. The number of nitrogens with zero attached hydrogens (tertiary/aromatic N) is 1. The molecule has 1 saturated heterocycles. The van der Waals surface area contributed by atoms with Crippen molar-refractivity contribution in [1.29, 1.82) is 0 Å². The Morgan fingerprint density at radius 3 is 2.50 bits per heavy atom. The van der Waals surface area contributed by atoms with Gasteiger partial charge in [0.05, 0.1) is 0 Å². The van der Waals surface area contributed by atoms with Crippen molar-refractivity contribution in [1.82, 2.24) is 4.90 Å². The van der Waals surface area contributed by atoms with Crippen molar-refractivity contribution in [3.05, 3.63) is 0 Å². The molecule has 0 spiro atoms. The molecule has 2 atom stereocenters. The van der Waals surface area contributed by atoms with Gasteiger partial charge in [0.1, 0.15) is 0 Å². The van der Waals surface area contributed by atoms with Gasteiger partial charge in [-0.25, -0.2) is 0 Å². The first-order valence-electron chi connectivity index (χ1n) is 8.96. The lowest BCUT2D eigenvalue weighted by molar-refractivity contribution is 0.0774. The summed E-state index contributed by atoms with van der Waals surface area (Å²) in [5, 5.41) is 0. The molecule has 0 aromatic heterocycles. The van der Waals surface area contributed by atoms with Crippen LogP contribution in [0.3, 0.4) is 0 Å². The van der Waals surface area contributed by atoms with Crippen molar-refractivity contribution >= 4 is 0 Å². The van der Waals surface area contributed by atoms with Gasteiger partial charge in [0.25, 0.3) is 0 Å². The Hall–Kier alpha value is -0.0800. The molecular weight excluding hydrogens is 244 g/mol. The second-order valence-electron chi connectivity index (χ2n) is 8.14. The van der Waals surface area contributed by atoms with E-state index in [9.17, 15) is 0 Å². The van der Waals surface area contributed by atoms with Gasteiger partial charge in [0, 0.05) is 12.1 Å². The third kappa shape index (κ3) is 3.76. The van der Waals surface area contributed by atoms with Crippen molar-refractivity contribution in [2.24, 2.45) is 17.1 Å². The fourth-order valence-corrected chi connectivity index (χ4v) is 4.41. The first-order chi connectivity index (χ1) is 9.51. The monoisotopic (exact) mass is 280 g/mol. The van der Waals surface area contributed by atoms with E-state index in [4.69, 9.17) is 5.73 Å². The van der Waals surface area contributed by atoms with Gasteiger partial charge in [-0.3, -0.25) is 4.90 Å². The molecule has 2 unspecified atom stereocenters. The first kappa shape index (κ1) is 16.3. The Labute approximate surface area is 126 Å². The molecule has 2 nitrogen and oxygen atoms in total. The van der Waals surface area contributed by atoms with E-state index >= 15 is 0 Å². The molecule has 2 rings (SSSR count). The molecule has 0 radical (unpaired) electrons. The summed E-state index contributed by atoms with van der Waals surface area (Å²) in [7, 11) is 0. The maximum absolute atomic E-state index is 6.30. The predicted molar refractivity (Wildman–Crippen MR) is 87.9 cm³/mol. The van der Waals surface area contributed by atoms with E-state index in [1.54, 1.807) is 0 Å². The molecule has 2 fully saturated rings. The van der Waals surface area contributed by atoms with Crippen LogP contribution < -0.4 is 5.73 Å². The summed E-state index contributed by atoms with van der Waals surface area (Å²) in [5.74, 6) is 0.956. The van der Waals surface area contributed by atoms with E-state index in [0.717, 1.165) is 12.5 Å². The third-order valence-corrected chi connectivity index (χ3v) is 6.24. The number of rotatable bonds is 3. The van der Waals surface area contributed by atoms with Crippen LogP contribution in [0.4, 0.5) is 0 Å². The van der Waals surface area contributed by atoms with Crippen LogP contribution in [0.15, 0.2) is 0 Å². The van der Waals surface area contributed by atoms with E-state index < -0.39 is 0 Å². The fraction of sp³-hybridized carbons (Fsp3) is 1.00. The van der Waals surface area contributed by atoms with Crippen LogP contribution in [0.5, 0.6) is 0 Å². The second-order valence-corrected chi connectivity index (χ2v) is 8.14. The lowest BCUT2D eigenvalue weighted by Gasteiger charge is -2.43. The van der Waals surface area contributed by atoms with E-state index in [2.05, 4.69) is 25.7 Å². The number of hydrogen-bond acceptors (Lipinski definition) is 2. The van der Waals surface area contributed by atoms with Gasteiger partial charge in [0.15, 0.2) is 0 Å². The van der Waals surface area contributed by atoms with Gasteiger partial charge in [-0.05, 0) is 69.4 Å². The smallest absolute Gasteiger partial charge is 0.0331 e. The van der Waals surface area contributed by atoms with E-state index in [1.807, 2.05) is 0 Å². The van der Waals surface area contributed by atoms with Crippen LogP contribution >= 0.6 is 0 Å². The van der Waals surface area contributed by atoms with Gasteiger partial charge in [-0.2, -0.15) is 0 Å². The van der Waals surface area contributed by atoms with Crippen LogP contribution in [0, 0.1) is 11.3 Å². The molecule has 1 saturated carbocycles. The summed E-state index contributed by atoms with van der Waals surface area (Å²) >= 11 is 0. The van der Waals surface area contributed by atoms with E-state index in [1.165, 1.54) is 70.9 Å². The Kier molecular flexibility index (Phi) is 5.53. The van der Waals surface area contributed by atoms with Crippen LogP contribution in [-0.2, 0) is 0 Å². The minimum atomic E-state index is 0.316. The molecule has 0 bridgehead atoms. The lowest BCUT2D eigenvalue weighted by atomic mass is 9.83. The zero-order valence-corrected chi connectivity index (χ0v) is 14.1. The number of likely N-dealkylation sites (tertiary alicyclic amines) is 1. The minimum Gasteiger partial charge on any atom is -0.329 e. The van der Waals surface area contributed by atoms with E-state index in [-0.39, 0.29) is 0 Å². The largest absolute Gasteiger partial charge is 0.329 e. The van der Waals surface area contributed by atoms with Crippen LogP contribution in [-0.4, -0.2) is 30.1 Å². The highest BCUT2D eigenvalue weighted by molar-refractivity contribution is 4.96. The summed E-state index contributed by atoms with van der Waals surface area (Å²) in [6.45, 7) is 10.7. The molecule has 0 amide bonds. The molecular formula is C18H36N2. The molecule has 0 aromatic rings. The van der Waals surface area contributed by atoms with Crippen molar-refractivity contribution < 1.29 is 0 Å². The SMILES string of the molecule is CCC1CCCN(C2(CN)CCCC(C)(C)CC2)CC1. The summed E-state index contributed by atoms with van der Waals surface area (Å²) in [5.41, 5.74) is 7.14. The quantitative estimate of drug-likeness (QED) is 0.786. The summed E-state index contributed by atoms with van der Waals surface area (Å²) < 4.78 is 0. The topological polar surface area (TPSA) is 29.3 Å². The third-order valence-electron chi connectivity index (χ3n) is 6.24. The normalized spacial score (nSPS) is 36.3. The van der Waals surface area contributed by atoms with Gasteiger partial charge in [0.2, 0.25) is 0 Å². The molecule has 2 aliphatic rings. The van der Waals surface area contributed by atoms with Crippen LogP contribution in [0.25, 0.3) is 0 Å². The highest BCUT2D eigenvalue weighted by Crippen LogP contribution is 2.41. The van der Waals surface area contributed by atoms with Gasteiger partial charge < -0.3 is 5.73 Å². The maximum atomic E-state index is 6.30. The van der Waals surface area contributed by atoms with E-state index in [0.29, 0.717) is 11.0 Å². The van der Waals surface area contributed by atoms with Gasteiger partial charge >= 0.3 is 0 Å². The molecule has 0 aromatic carbocycles. The number of nitrogens with two attached hydrogens (primary N) is 1. The van der Waals surface area contributed by atoms with Crippen LogP contribution in [0.1, 0.15) is 78.6 Å². The number of hydrogen-bond donors (Lipinski definition) is 1. The van der Waals surface area contributed by atoms with Crippen molar-refractivity contribution in [2.75, 3.05) is 19.6 Å². The molecule has 1 aliphatic carbocycles. The Bertz CT molecular complexity index is 300. The minimum absolute atomic E-state index is 0.316. The molecule has 118 valence electrons. The zero-order chi connectivity index (χ0) is 14.6. The highest BCUT2D eigenvalue weighted by Gasteiger charge is 2.39. The Balaban J connectivity index is 2.06. The summed E-state index contributed by atoms with van der Waals surface area (Å²) in [4.78, 5) is 2.80. The molecule has 20 heavy (non-hydrogen) atoms. The lowest BCUT2D eigenvalue weighted by Crippen LogP contribution is -2.54. The highest BCUT2D eigenvalue weighted by atomic mass is 15.2. The molecule has 1 heterocycles. The van der Waals surface area contributed by atoms with Crippen molar-refractivity contribution in [2.45, 2.75) is 84.1 Å². The van der Waals surface area contributed by atoms with Crippen LogP contribution in [0.2, 0.25) is 0 Å². The molecule has 2 heteroatoms. The second kappa shape index (κ2) is 6.79. The van der Waals surface area contributed by atoms with Crippen molar-refractivity contribution in [3.63, 3.8) is 0 Å². The Morgan fingerprint density at radius 1 is 1.00 bits per heavy atom. The summed E-state index contributed by atoms with van der Waals surface area (Å²) in [6.07, 6.45) is 12.3. The predicted octanol–water partition coefficient (Wildman–Crippen LogP) is 4.19. The van der Waals surface area contributed by atoms with Gasteiger partial charge in [-0.1, -0.05) is 33.6 Å². The first-order valence-corrected chi connectivity index (χ1v) is 8.96. The average molecular weight is 280 g/mol. The average Bonchev–Trinajstić information content (AvgIpc) is 2.75. The van der Waals surface area contributed by atoms with Gasteiger partial charge in [-0.15, -0.1) is 0 Å². The Morgan fingerprint density at radius 2 is 1.80 bits per heavy atom.